The minimum absolute atomic E-state index is 0.0692. The highest BCUT2D eigenvalue weighted by Crippen LogP contribution is 2.14. The molecule has 124 valence electrons. The zero-order chi connectivity index (χ0) is 17.1. The average molecular weight is 326 g/mol. The number of nitrogens with zero attached hydrogens (tertiary/aromatic N) is 2. The summed E-state index contributed by atoms with van der Waals surface area (Å²) in [6.45, 7) is 0.717. The molecule has 2 aromatic carbocycles. The topological polar surface area (TPSA) is 75.7 Å². The smallest absolute Gasteiger partial charge is 0.419 e. The number of para-hydroxylation sites is 2. The Morgan fingerprint density at radius 1 is 1.17 bits per heavy atom. The maximum atomic E-state index is 12.3. The van der Waals surface area contributed by atoms with Gasteiger partial charge in [0.15, 0.2) is 5.58 Å². The van der Waals surface area contributed by atoms with Crippen molar-refractivity contribution in [2.24, 2.45) is 0 Å². The second-order valence-corrected chi connectivity index (χ2v) is 5.65. The molecule has 0 atom stereocenters. The Morgan fingerprint density at radius 3 is 2.62 bits per heavy atom. The number of carbonyl (C=O) groups excluding carboxylic acids is 1. The van der Waals surface area contributed by atoms with E-state index < -0.39 is 5.76 Å². The maximum absolute atomic E-state index is 12.3. The van der Waals surface area contributed by atoms with Gasteiger partial charge in [-0.25, -0.2) is 4.79 Å². The van der Waals surface area contributed by atoms with Gasteiger partial charge in [-0.2, -0.15) is 0 Å². The van der Waals surface area contributed by atoms with E-state index in [1.807, 2.05) is 6.07 Å². The number of amides is 1. The van der Waals surface area contributed by atoms with Crippen LogP contribution in [-0.4, -0.2) is 27.5 Å². The van der Waals surface area contributed by atoms with Gasteiger partial charge >= 0.3 is 5.76 Å². The number of hydrogen-bond acceptors (Lipinski definition) is 4. The van der Waals surface area contributed by atoms with Crippen molar-refractivity contribution in [2.75, 3.05) is 7.05 Å². The van der Waals surface area contributed by atoms with Crippen LogP contribution >= 0.6 is 0 Å². The van der Waals surface area contributed by atoms with E-state index in [0.29, 0.717) is 17.6 Å². The first-order chi connectivity index (χ1) is 11.5. The highest BCUT2D eigenvalue weighted by molar-refractivity contribution is 5.76. The Labute approximate surface area is 138 Å². The summed E-state index contributed by atoms with van der Waals surface area (Å²) in [6.07, 6.45) is 0.206. The number of rotatable bonds is 5. The number of phenols is 1. The number of hydrogen-bond donors (Lipinski definition) is 1. The van der Waals surface area contributed by atoms with Crippen LogP contribution in [0.5, 0.6) is 5.75 Å². The molecule has 0 aliphatic heterocycles. The van der Waals surface area contributed by atoms with Gasteiger partial charge < -0.3 is 14.4 Å². The second-order valence-electron chi connectivity index (χ2n) is 5.65. The van der Waals surface area contributed by atoms with E-state index in [1.54, 1.807) is 54.4 Å². The Balaban J connectivity index is 1.65. The number of fused-ring (bicyclic) bond motifs is 1. The molecular formula is C18H18N2O4. The Hall–Kier alpha value is -3.02. The molecule has 6 heteroatoms. The predicted molar refractivity (Wildman–Crippen MR) is 89.7 cm³/mol. The van der Waals surface area contributed by atoms with Gasteiger partial charge in [0.1, 0.15) is 5.75 Å². The molecule has 0 unspecified atom stereocenters. The molecule has 0 aliphatic rings. The zero-order valence-corrected chi connectivity index (χ0v) is 13.3. The van der Waals surface area contributed by atoms with Crippen molar-refractivity contribution < 1.29 is 14.3 Å². The standard InChI is InChI=1S/C18H18N2O4/c1-19(12-13-6-8-14(21)9-7-13)17(22)10-11-20-15-4-2-3-5-16(15)24-18(20)23/h2-9,21H,10-12H2,1H3. The molecule has 6 nitrogen and oxygen atoms in total. The Kier molecular flexibility index (Phi) is 4.37. The van der Waals surface area contributed by atoms with Crippen LogP contribution in [0.1, 0.15) is 12.0 Å². The lowest BCUT2D eigenvalue weighted by molar-refractivity contribution is -0.130. The van der Waals surface area contributed by atoms with Crippen LogP contribution in [0.4, 0.5) is 0 Å². The summed E-state index contributed by atoms with van der Waals surface area (Å²) in [5.41, 5.74) is 2.14. The van der Waals surface area contributed by atoms with Gasteiger partial charge in [-0.05, 0) is 29.8 Å². The molecule has 1 heterocycles. The van der Waals surface area contributed by atoms with Gasteiger partial charge in [-0.15, -0.1) is 0 Å². The van der Waals surface area contributed by atoms with Crippen molar-refractivity contribution in [3.05, 3.63) is 64.6 Å². The predicted octanol–water partition coefficient (Wildman–Crippen LogP) is 2.35. The van der Waals surface area contributed by atoms with E-state index in [4.69, 9.17) is 4.42 Å². The van der Waals surface area contributed by atoms with Gasteiger partial charge in [0.05, 0.1) is 5.52 Å². The molecule has 0 saturated carbocycles. The number of oxazole rings is 1. The second kappa shape index (κ2) is 6.62. The Morgan fingerprint density at radius 2 is 1.88 bits per heavy atom. The molecule has 0 aliphatic carbocycles. The summed E-state index contributed by atoms with van der Waals surface area (Å²) in [4.78, 5) is 25.8. The molecule has 3 rings (SSSR count). The monoisotopic (exact) mass is 326 g/mol. The molecule has 0 radical (unpaired) electrons. The van der Waals surface area contributed by atoms with Crippen LogP contribution in [0.25, 0.3) is 11.1 Å². The van der Waals surface area contributed by atoms with Crippen molar-refractivity contribution in [2.45, 2.75) is 19.5 Å². The highest BCUT2D eigenvalue weighted by atomic mass is 16.4. The van der Waals surface area contributed by atoms with Gasteiger partial charge in [-0.1, -0.05) is 24.3 Å². The van der Waals surface area contributed by atoms with E-state index in [0.717, 1.165) is 5.56 Å². The summed E-state index contributed by atoms with van der Waals surface area (Å²) >= 11 is 0. The first kappa shape index (κ1) is 15.9. The summed E-state index contributed by atoms with van der Waals surface area (Å²) in [7, 11) is 1.71. The number of aryl methyl sites for hydroxylation is 1. The first-order valence-corrected chi connectivity index (χ1v) is 7.65. The molecule has 1 aromatic heterocycles. The lowest BCUT2D eigenvalue weighted by Crippen LogP contribution is -2.28. The Bertz CT molecular complexity index is 909. The molecule has 24 heavy (non-hydrogen) atoms. The normalized spacial score (nSPS) is 10.9. The fourth-order valence-electron chi connectivity index (χ4n) is 2.59. The molecule has 1 amide bonds. The lowest BCUT2D eigenvalue weighted by atomic mass is 10.2. The van der Waals surface area contributed by atoms with E-state index in [-0.39, 0.29) is 24.6 Å². The van der Waals surface area contributed by atoms with Gasteiger partial charge in [0.25, 0.3) is 0 Å². The van der Waals surface area contributed by atoms with Crippen molar-refractivity contribution in [3.63, 3.8) is 0 Å². The van der Waals surface area contributed by atoms with E-state index >= 15 is 0 Å². The summed E-state index contributed by atoms with van der Waals surface area (Å²) in [5.74, 6) is -0.329. The number of aromatic nitrogens is 1. The van der Waals surface area contributed by atoms with E-state index in [1.165, 1.54) is 4.57 Å². The van der Waals surface area contributed by atoms with Crippen LogP contribution in [0.15, 0.2) is 57.7 Å². The summed E-state index contributed by atoms with van der Waals surface area (Å²) in [5, 5.41) is 9.28. The SMILES string of the molecule is CN(Cc1ccc(O)cc1)C(=O)CCn1c(=O)oc2ccccc21. The zero-order valence-electron chi connectivity index (χ0n) is 13.3. The summed E-state index contributed by atoms with van der Waals surface area (Å²) < 4.78 is 6.63. The highest BCUT2D eigenvalue weighted by Gasteiger charge is 2.13. The summed E-state index contributed by atoms with van der Waals surface area (Å²) in [6, 6.07) is 13.9. The molecule has 0 fully saturated rings. The van der Waals surface area contributed by atoms with Crippen LogP contribution in [0, 0.1) is 0 Å². The first-order valence-electron chi connectivity index (χ1n) is 7.65. The van der Waals surface area contributed by atoms with Crippen LogP contribution in [0.2, 0.25) is 0 Å². The molecular weight excluding hydrogens is 308 g/mol. The minimum atomic E-state index is -0.454. The minimum Gasteiger partial charge on any atom is -0.508 e. The van der Waals surface area contributed by atoms with Crippen LogP contribution < -0.4 is 5.76 Å². The molecule has 1 N–H and O–H groups in total. The van der Waals surface area contributed by atoms with E-state index in [9.17, 15) is 14.7 Å². The molecule has 3 aromatic rings. The number of benzene rings is 2. The van der Waals surface area contributed by atoms with Crippen molar-refractivity contribution in [1.82, 2.24) is 9.47 Å². The molecule has 0 saturated heterocycles. The molecule has 0 bridgehead atoms. The quantitative estimate of drug-likeness (QED) is 0.781. The van der Waals surface area contributed by atoms with Crippen LogP contribution in [0.3, 0.4) is 0 Å². The van der Waals surface area contributed by atoms with Gasteiger partial charge in [0.2, 0.25) is 5.91 Å². The fourth-order valence-corrected chi connectivity index (χ4v) is 2.59. The largest absolute Gasteiger partial charge is 0.508 e. The number of aromatic hydroxyl groups is 1. The third kappa shape index (κ3) is 3.32. The van der Waals surface area contributed by atoms with E-state index in [2.05, 4.69) is 0 Å². The van der Waals surface area contributed by atoms with Gasteiger partial charge in [-0.3, -0.25) is 9.36 Å². The molecule has 0 spiro atoms. The third-order valence-electron chi connectivity index (χ3n) is 3.90. The van der Waals surface area contributed by atoms with Crippen LogP contribution in [-0.2, 0) is 17.9 Å². The number of carbonyl (C=O) groups is 1. The van der Waals surface area contributed by atoms with Crippen molar-refractivity contribution >= 4 is 17.0 Å². The maximum Gasteiger partial charge on any atom is 0.419 e. The third-order valence-corrected chi connectivity index (χ3v) is 3.90. The average Bonchev–Trinajstić information content (AvgIpc) is 2.90. The lowest BCUT2D eigenvalue weighted by Gasteiger charge is -2.17. The fraction of sp³-hybridized carbons (Fsp3) is 0.222. The van der Waals surface area contributed by atoms with Crippen molar-refractivity contribution in [3.8, 4) is 5.75 Å². The van der Waals surface area contributed by atoms with Crippen molar-refractivity contribution in [1.29, 1.82) is 0 Å². The van der Waals surface area contributed by atoms with Gasteiger partial charge in [0, 0.05) is 26.6 Å². The number of phenolic OH excluding ortho intramolecular Hbond substituents is 1.